The summed E-state index contributed by atoms with van der Waals surface area (Å²) in [6.45, 7) is 5.32. The van der Waals surface area contributed by atoms with Gasteiger partial charge < -0.3 is 5.32 Å². The Morgan fingerprint density at radius 1 is 1.59 bits per heavy atom. The highest BCUT2D eigenvalue weighted by Crippen LogP contribution is 2.24. The summed E-state index contributed by atoms with van der Waals surface area (Å²) in [5.74, 6) is -0.303. The average molecular weight is 251 g/mol. The number of anilines is 1. The van der Waals surface area contributed by atoms with Gasteiger partial charge in [0.25, 0.3) is 0 Å². The number of hydrogen-bond donors (Lipinski definition) is 1. The third-order valence-electron chi connectivity index (χ3n) is 2.88. The highest BCUT2D eigenvalue weighted by atomic mass is 35.5. The number of carbonyl (C=O) groups is 1. The minimum atomic E-state index is -1.00. The van der Waals surface area contributed by atoms with Crippen LogP contribution in [0.5, 0.6) is 0 Å². The lowest BCUT2D eigenvalue weighted by molar-refractivity contribution is -0.122. The van der Waals surface area contributed by atoms with Crippen molar-refractivity contribution in [1.29, 1.82) is 5.26 Å². The first-order chi connectivity index (χ1) is 7.92. The number of aryl methyl sites for hydroxylation is 1. The Labute approximate surface area is 106 Å². The number of rotatable bonds is 3. The zero-order valence-electron chi connectivity index (χ0n) is 10.2. The van der Waals surface area contributed by atoms with E-state index in [1.54, 1.807) is 19.1 Å². The van der Waals surface area contributed by atoms with Gasteiger partial charge in [-0.2, -0.15) is 5.26 Å². The van der Waals surface area contributed by atoms with Gasteiger partial charge in [0.05, 0.1) is 6.07 Å². The quantitative estimate of drug-likeness (QED) is 0.892. The summed E-state index contributed by atoms with van der Waals surface area (Å²) in [4.78, 5) is 11.9. The Bertz CT molecular complexity index is 479. The normalized spacial score (nSPS) is 13.6. The Morgan fingerprint density at radius 2 is 2.24 bits per heavy atom. The fraction of sp³-hybridized carbons (Fsp3) is 0.385. The van der Waals surface area contributed by atoms with E-state index in [9.17, 15) is 4.79 Å². The molecule has 1 aromatic carbocycles. The number of halogens is 1. The molecule has 1 amide bonds. The molecule has 1 atom stereocenters. The minimum absolute atomic E-state index is 0.303. The molecule has 0 fully saturated rings. The molecule has 0 radical (unpaired) electrons. The third kappa shape index (κ3) is 2.98. The van der Waals surface area contributed by atoms with Gasteiger partial charge in [-0.1, -0.05) is 24.6 Å². The van der Waals surface area contributed by atoms with Crippen molar-refractivity contribution in [3.8, 4) is 6.07 Å². The Morgan fingerprint density at radius 3 is 2.71 bits per heavy atom. The van der Waals surface area contributed by atoms with Crippen molar-refractivity contribution in [3.05, 3.63) is 28.8 Å². The number of nitrogens with one attached hydrogen (secondary N) is 1. The topological polar surface area (TPSA) is 52.9 Å². The van der Waals surface area contributed by atoms with Gasteiger partial charge in [-0.3, -0.25) is 4.79 Å². The molecular formula is C13H15ClN2O. The van der Waals surface area contributed by atoms with Crippen LogP contribution in [0, 0.1) is 23.7 Å². The summed E-state index contributed by atoms with van der Waals surface area (Å²) in [7, 11) is 0. The lowest BCUT2D eigenvalue weighted by Gasteiger charge is -2.18. The van der Waals surface area contributed by atoms with Crippen LogP contribution in [0.3, 0.4) is 0 Å². The van der Waals surface area contributed by atoms with Crippen LogP contribution in [0.1, 0.15) is 25.8 Å². The molecule has 0 aromatic heterocycles. The minimum Gasteiger partial charge on any atom is -0.325 e. The maximum Gasteiger partial charge on any atom is 0.244 e. The van der Waals surface area contributed by atoms with E-state index in [4.69, 9.17) is 16.9 Å². The first-order valence-electron chi connectivity index (χ1n) is 5.42. The molecule has 0 aliphatic rings. The summed E-state index contributed by atoms with van der Waals surface area (Å²) in [6.07, 6.45) is 0.467. The molecular weight excluding hydrogens is 236 g/mol. The highest BCUT2D eigenvalue weighted by molar-refractivity contribution is 6.31. The first kappa shape index (κ1) is 13.5. The van der Waals surface area contributed by atoms with Crippen LogP contribution in [0.15, 0.2) is 18.2 Å². The second-order valence-electron chi connectivity index (χ2n) is 4.22. The van der Waals surface area contributed by atoms with Gasteiger partial charge in [0.15, 0.2) is 0 Å². The zero-order valence-corrected chi connectivity index (χ0v) is 10.9. The molecule has 4 heteroatoms. The molecule has 0 aliphatic heterocycles. The van der Waals surface area contributed by atoms with Crippen LogP contribution in [0.4, 0.5) is 5.69 Å². The van der Waals surface area contributed by atoms with Gasteiger partial charge >= 0.3 is 0 Å². The molecule has 0 saturated heterocycles. The highest BCUT2D eigenvalue weighted by Gasteiger charge is 2.31. The van der Waals surface area contributed by atoms with Crippen LogP contribution < -0.4 is 5.32 Å². The van der Waals surface area contributed by atoms with E-state index in [0.717, 1.165) is 5.56 Å². The summed E-state index contributed by atoms with van der Waals surface area (Å²) in [5, 5.41) is 12.3. The predicted octanol–water partition coefficient (Wildman–Crippen LogP) is 3.53. The van der Waals surface area contributed by atoms with Crippen molar-refractivity contribution in [2.45, 2.75) is 27.2 Å². The van der Waals surface area contributed by atoms with Gasteiger partial charge in [0.1, 0.15) is 5.41 Å². The molecule has 1 N–H and O–H groups in total. The first-order valence-corrected chi connectivity index (χ1v) is 5.79. The van der Waals surface area contributed by atoms with Crippen molar-refractivity contribution in [2.75, 3.05) is 5.32 Å². The van der Waals surface area contributed by atoms with Gasteiger partial charge in [0, 0.05) is 10.7 Å². The maximum absolute atomic E-state index is 11.9. The van der Waals surface area contributed by atoms with Gasteiger partial charge in [-0.15, -0.1) is 0 Å². The Kier molecular flexibility index (Phi) is 4.14. The molecule has 3 nitrogen and oxygen atoms in total. The molecule has 1 aromatic rings. The van der Waals surface area contributed by atoms with Gasteiger partial charge in [0.2, 0.25) is 5.91 Å². The van der Waals surface area contributed by atoms with Crippen LogP contribution in [-0.4, -0.2) is 5.91 Å². The van der Waals surface area contributed by atoms with Crippen molar-refractivity contribution in [3.63, 3.8) is 0 Å². The molecule has 17 heavy (non-hydrogen) atoms. The predicted molar refractivity (Wildman–Crippen MR) is 68.8 cm³/mol. The van der Waals surface area contributed by atoms with Crippen molar-refractivity contribution in [1.82, 2.24) is 0 Å². The largest absolute Gasteiger partial charge is 0.325 e. The summed E-state index contributed by atoms with van der Waals surface area (Å²) < 4.78 is 0. The van der Waals surface area contributed by atoms with E-state index >= 15 is 0 Å². The number of nitriles is 1. The monoisotopic (exact) mass is 250 g/mol. The maximum atomic E-state index is 11.9. The fourth-order valence-electron chi connectivity index (χ4n) is 1.23. The molecule has 0 bridgehead atoms. The van der Waals surface area contributed by atoms with Crippen molar-refractivity contribution in [2.24, 2.45) is 5.41 Å². The van der Waals surface area contributed by atoms with Crippen molar-refractivity contribution >= 4 is 23.2 Å². The van der Waals surface area contributed by atoms with Crippen LogP contribution >= 0.6 is 11.6 Å². The van der Waals surface area contributed by atoms with Crippen molar-refractivity contribution < 1.29 is 4.79 Å². The average Bonchev–Trinajstić information content (AvgIpc) is 2.32. The van der Waals surface area contributed by atoms with E-state index in [2.05, 4.69) is 5.32 Å². The number of amides is 1. The van der Waals surface area contributed by atoms with E-state index in [1.165, 1.54) is 0 Å². The van der Waals surface area contributed by atoms with Crippen LogP contribution in [-0.2, 0) is 4.79 Å². The lowest BCUT2D eigenvalue weighted by atomic mass is 9.88. The molecule has 0 heterocycles. The molecule has 1 unspecified atom stereocenters. The molecule has 0 aliphatic carbocycles. The smallest absolute Gasteiger partial charge is 0.244 e. The number of carbonyl (C=O) groups excluding carboxylic acids is 1. The van der Waals surface area contributed by atoms with Crippen LogP contribution in [0.2, 0.25) is 5.02 Å². The van der Waals surface area contributed by atoms with Gasteiger partial charge in [-0.05, 0) is 38.0 Å². The van der Waals surface area contributed by atoms with Gasteiger partial charge in [-0.25, -0.2) is 0 Å². The molecule has 0 spiro atoms. The van der Waals surface area contributed by atoms with E-state index in [1.807, 2.05) is 26.0 Å². The second-order valence-corrected chi connectivity index (χ2v) is 4.62. The lowest BCUT2D eigenvalue weighted by Crippen LogP contribution is -2.31. The fourth-order valence-corrected chi connectivity index (χ4v) is 1.41. The number of hydrogen-bond acceptors (Lipinski definition) is 2. The SMILES string of the molecule is CCC(C)(C#N)C(=O)Nc1ccc(C)c(Cl)c1. The number of nitrogens with zero attached hydrogens (tertiary/aromatic N) is 1. The molecule has 0 saturated carbocycles. The Hall–Kier alpha value is -1.53. The van der Waals surface area contributed by atoms with E-state index < -0.39 is 5.41 Å². The standard InChI is InChI=1S/C13H15ClN2O/c1-4-13(3,8-15)12(17)16-10-6-5-9(2)11(14)7-10/h5-7H,4H2,1-3H3,(H,16,17). The summed E-state index contributed by atoms with van der Waals surface area (Å²) in [5.41, 5.74) is 0.556. The van der Waals surface area contributed by atoms with E-state index in [0.29, 0.717) is 17.1 Å². The summed E-state index contributed by atoms with van der Waals surface area (Å²) >= 11 is 5.96. The van der Waals surface area contributed by atoms with E-state index in [-0.39, 0.29) is 5.91 Å². The number of benzene rings is 1. The summed E-state index contributed by atoms with van der Waals surface area (Å²) in [6, 6.07) is 7.31. The third-order valence-corrected chi connectivity index (χ3v) is 3.29. The zero-order chi connectivity index (χ0) is 13.1. The Balaban J connectivity index is 2.89. The van der Waals surface area contributed by atoms with Crippen LogP contribution in [0.25, 0.3) is 0 Å². The molecule has 1 rings (SSSR count). The second kappa shape index (κ2) is 5.20. The molecule has 90 valence electrons.